The Morgan fingerprint density at radius 1 is 1.17 bits per heavy atom. The quantitative estimate of drug-likeness (QED) is 0.632. The van der Waals surface area contributed by atoms with Gasteiger partial charge in [-0.05, 0) is 43.9 Å². The summed E-state index contributed by atoms with van der Waals surface area (Å²) in [6.07, 6.45) is 10.3. The number of fused-ring (bicyclic) bond motifs is 3. The molecule has 0 radical (unpaired) electrons. The van der Waals surface area contributed by atoms with Crippen LogP contribution in [0, 0.1) is 0 Å². The van der Waals surface area contributed by atoms with Crippen molar-refractivity contribution >= 4 is 28.5 Å². The van der Waals surface area contributed by atoms with Crippen molar-refractivity contribution in [2.45, 2.75) is 43.8 Å². The number of H-pyrrole nitrogens is 1. The van der Waals surface area contributed by atoms with Gasteiger partial charge in [0.25, 0.3) is 11.8 Å². The van der Waals surface area contributed by atoms with E-state index >= 15 is 0 Å². The van der Waals surface area contributed by atoms with E-state index in [-0.39, 0.29) is 24.0 Å². The van der Waals surface area contributed by atoms with Gasteiger partial charge in [0.05, 0.1) is 16.8 Å². The van der Waals surface area contributed by atoms with Gasteiger partial charge in [-0.1, -0.05) is 0 Å². The van der Waals surface area contributed by atoms with E-state index < -0.39 is 5.91 Å². The molecule has 3 aromatic rings. The van der Waals surface area contributed by atoms with Crippen molar-refractivity contribution in [2.24, 2.45) is 5.73 Å². The molecule has 0 saturated carbocycles. The summed E-state index contributed by atoms with van der Waals surface area (Å²) in [5, 5.41) is 4.40. The topological polar surface area (TPSA) is 117 Å². The molecule has 0 aromatic carbocycles. The van der Waals surface area contributed by atoms with Crippen LogP contribution >= 0.6 is 0 Å². The average molecular weight is 390 g/mol. The zero-order valence-electron chi connectivity index (χ0n) is 15.8. The smallest absolute Gasteiger partial charge is 0.255 e. The van der Waals surface area contributed by atoms with Crippen molar-refractivity contribution in [3.63, 3.8) is 0 Å². The molecule has 8 nitrogen and oxygen atoms in total. The maximum absolute atomic E-state index is 13.0. The number of pyridine rings is 2. The van der Waals surface area contributed by atoms with Gasteiger partial charge in [0, 0.05) is 48.3 Å². The molecule has 0 spiro atoms. The lowest BCUT2D eigenvalue weighted by atomic mass is 9.95. The Labute approximate surface area is 167 Å². The normalized spacial score (nSPS) is 23.3. The van der Waals surface area contributed by atoms with Gasteiger partial charge in [0.2, 0.25) is 0 Å². The number of nitrogens with one attached hydrogen (secondary N) is 2. The summed E-state index contributed by atoms with van der Waals surface area (Å²) >= 11 is 0. The molecule has 0 aliphatic carbocycles. The van der Waals surface area contributed by atoms with Crippen molar-refractivity contribution in [3.8, 4) is 0 Å². The standard InChI is InChI=1S/C21H22N6O2/c22-19(28)17-11-25-20-16(5-7-24-20)18(17)26-13-8-14-3-4-15(9-13)27(14)21(29)12-2-1-6-23-10-12/h1-2,5-7,10-11,13-15H,3-4,8-9H2,(H2,22,28)(H2,24,25,26)/t13?,14-,15+. The molecule has 1 unspecified atom stereocenters. The van der Waals surface area contributed by atoms with Crippen LogP contribution in [0.5, 0.6) is 0 Å². The van der Waals surface area contributed by atoms with E-state index in [9.17, 15) is 9.59 Å². The summed E-state index contributed by atoms with van der Waals surface area (Å²) in [4.78, 5) is 38.4. The van der Waals surface area contributed by atoms with Crippen molar-refractivity contribution in [2.75, 3.05) is 5.32 Å². The van der Waals surface area contributed by atoms with Crippen LogP contribution in [0.1, 0.15) is 46.4 Å². The molecule has 3 atom stereocenters. The number of piperidine rings is 1. The number of carbonyl (C=O) groups is 2. The van der Waals surface area contributed by atoms with Gasteiger partial charge in [0.15, 0.2) is 0 Å². The highest BCUT2D eigenvalue weighted by molar-refractivity contribution is 6.06. The van der Waals surface area contributed by atoms with E-state index in [0.717, 1.165) is 36.8 Å². The van der Waals surface area contributed by atoms with Crippen LogP contribution in [-0.4, -0.2) is 49.8 Å². The molecule has 5 heterocycles. The van der Waals surface area contributed by atoms with Crippen molar-refractivity contribution < 1.29 is 9.59 Å². The van der Waals surface area contributed by atoms with E-state index in [1.165, 1.54) is 6.20 Å². The SMILES string of the molecule is NC(=O)c1cnc2[nH]ccc2c1NC1C[C@H]2CC[C@@H](C1)N2C(=O)c1cccnc1. The first kappa shape index (κ1) is 17.7. The fourth-order valence-electron chi connectivity index (χ4n) is 4.82. The van der Waals surface area contributed by atoms with Gasteiger partial charge in [-0.2, -0.15) is 0 Å². The van der Waals surface area contributed by atoms with Gasteiger partial charge in [-0.25, -0.2) is 4.98 Å². The third kappa shape index (κ3) is 3.00. The zero-order chi connectivity index (χ0) is 20.0. The van der Waals surface area contributed by atoms with Gasteiger partial charge in [-0.3, -0.25) is 14.6 Å². The minimum Gasteiger partial charge on any atom is -0.381 e. The van der Waals surface area contributed by atoms with Crippen molar-refractivity contribution in [1.82, 2.24) is 19.9 Å². The monoisotopic (exact) mass is 390 g/mol. The fraction of sp³-hybridized carbons (Fsp3) is 0.333. The summed E-state index contributed by atoms with van der Waals surface area (Å²) in [6, 6.07) is 6.02. The molecule has 29 heavy (non-hydrogen) atoms. The Morgan fingerprint density at radius 2 is 1.97 bits per heavy atom. The number of nitrogens with zero attached hydrogens (tertiary/aromatic N) is 3. The van der Waals surface area contributed by atoms with Gasteiger partial charge >= 0.3 is 0 Å². The lowest BCUT2D eigenvalue weighted by molar-refractivity contribution is 0.0582. The van der Waals surface area contributed by atoms with E-state index in [4.69, 9.17) is 5.73 Å². The number of aromatic nitrogens is 3. The number of aromatic amines is 1. The third-order valence-electron chi connectivity index (χ3n) is 6.08. The number of rotatable bonds is 4. The van der Waals surface area contributed by atoms with Crippen LogP contribution in [-0.2, 0) is 0 Å². The van der Waals surface area contributed by atoms with E-state index in [1.54, 1.807) is 24.7 Å². The lowest BCUT2D eigenvalue weighted by Gasteiger charge is -2.39. The highest BCUT2D eigenvalue weighted by Crippen LogP contribution is 2.38. The molecule has 3 aromatic heterocycles. The minimum atomic E-state index is -0.504. The molecule has 2 amide bonds. The Hall–Kier alpha value is -3.42. The number of primary amides is 1. The maximum Gasteiger partial charge on any atom is 0.255 e. The molecular weight excluding hydrogens is 368 g/mol. The maximum atomic E-state index is 13.0. The van der Waals surface area contributed by atoms with E-state index in [0.29, 0.717) is 16.8 Å². The predicted molar refractivity (Wildman–Crippen MR) is 108 cm³/mol. The summed E-state index contributed by atoms with van der Waals surface area (Å²) < 4.78 is 0. The molecule has 2 bridgehead atoms. The predicted octanol–water partition coefficient (Wildman–Crippen LogP) is 2.30. The molecule has 5 rings (SSSR count). The Bertz CT molecular complexity index is 1070. The van der Waals surface area contributed by atoms with Crippen LogP contribution in [0.4, 0.5) is 5.69 Å². The highest BCUT2D eigenvalue weighted by atomic mass is 16.2. The molecule has 8 heteroatoms. The molecule has 148 valence electrons. The molecule has 2 aliphatic rings. The Morgan fingerprint density at radius 3 is 2.66 bits per heavy atom. The number of carbonyl (C=O) groups excluding carboxylic acids is 2. The summed E-state index contributed by atoms with van der Waals surface area (Å²) in [5.74, 6) is -0.450. The van der Waals surface area contributed by atoms with Crippen LogP contribution in [0.25, 0.3) is 11.0 Å². The van der Waals surface area contributed by atoms with Gasteiger partial charge in [-0.15, -0.1) is 0 Å². The highest BCUT2D eigenvalue weighted by Gasteiger charge is 2.43. The number of anilines is 1. The second-order valence-corrected chi connectivity index (χ2v) is 7.80. The Kier molecular flexibility index (Phi) is 4.19. The van der Waals surface area contributed by atoms with E-state index in [1.807, 2.05) is 17.0 Å². The first-order valence-electron chi connectivity index (χ1n) is 9.87. The first-order chi connectivity index (χ1) is 14.1. The number of hydrogen-bond acceptors (Lipinski definition) is 5. The second kappa shape index (κ2) is 6.88. The van der Waals surface area contributed by atoms with Crippen LogP contribution in [0.2, 0.25) is 0 Å². The average Bonchev–Trinajstić information content (AvgIpc) is 3.31. The molecule has 2 fully saturated rings. The largest absolute Gasteiger partial charge is 0.381 e. The first-order valence-corrected chi connectivity index (χ1v) is 9.87. The third-order valence-corrected chi connectivity index (χ3v) is 6.08. The Balaban J connectivity index is 1.39. The number of nitrogens with two attached hydrogens (primary N) is 1. The van der Waals surface area contributed by atoms with Crippen molar-refractivity contribution in [1.29, 1.82) is 0 Å². The fourth-order valence-corrected chi connectivity index (χ4v) is 4.82. The zero-order valence-corrected chi connectivity index (χ0v) is 15.8. The molecule has 4 N–H and O–H groups in total. The molecular formula is C21H22N6O2. The number of hydrogen-bond donors (Lipinski definition) is 3. The van der Waals surface area contributed by atoms with Gasteiger partial charge < -0.3 is 20.9 Å². The minimum absolute atomic E-state index is 0.0545. The molecule has 2 aliphatic heterocycles. The number of amides is 2. The van der Waals surface area contributed by atoms with Crippen LogP contribution < -0.4 is 11.1 Å². The second-order valence-electron chi connectivity index (χ2n) is 7.80. The van der Waals surface area contributed by atoms with E-state index in [2.05, 4.69) is 20.3 Å². The summed E-state index contributed by atoms with van der Waals surface area (Å²) in [6.45, 7) is 0. The molecule has 2 saturated heterocycles. The van der Waals surface area contributed by atoms with Gasteiger partial charge in [0.1, 0.15) is 5.65 Å². The lowest BCUT2D eigenvalue weighted by Crippen LogP contribution is -2.49. The van der Waals surface area contributed by atoms with Crippen LogP contribution in [0.3, 0.4) is 0 Å². The summed E-state index contributed by atoms with van der Waals surface area (Å²) in [7, 11) is 0. The van der Waals surface area contributed by atoms with Crippen molar-refractivity contribution in [3.05, 3.63) is 54.1 Å². The van der Waals surface area contributed by atoms with Crippen LogP contribution in [0.15, 0.2) is 43.0 Å². The summed E-state index contributed by atoms with van der Waals surface area (Å²) in [5.41, 5.74) is 8.04.